The lowest BCUT2D eigenvalue weighted by Gasteiger charge is -2.12. The number of likely N-dealkylation sites (N-methyl/N-ethyl adjacent to an activating group) is 1. The van der Waals surface area contributed by atoms with Crippen molar-refractivity contribution in [3.63, 3.8) is 0 Å². The van der Waals surface area contributed by atoms with E-state index in [1.807, 2.05) is 0 Å². The van der Waals surface area contributed by atoms with Gasteiger partial charge in [-0.05, 0) is 37.6 Å². The third-order valence-corrected chi connectivity index (χ3v) is 3.28. The molecule has 2 rings (SSSR count). The van der Waals surface area contributed by atoms with E-state index in [2.05, 4.69) is 10.6 Å². The number of benzene rings is 1. The first-order valence-electron chi connectivity index (χ1n) is 7.81. The first-order valence-corrected chi connectivity index (χ1v) is 7.81. The van der Waals surface area contributed by atoms with Gasteiger partial charge in [0.15, 0.2) is 18.1 Å². The average Bonchev–Trinajstić information content (AvgIpc) is 3.06. The molecule has 25 heavy (non-hydrogen) atoms. The summed E-state index contributed by atoms with van der Waals surface area (Å²) in [6, 6.07) is 4.53. The highest BCUT2D eigenvalue weighted by molar-refractivity contribution is 5.91. The van der Waals surface area contributed by atoms with Crippen LogP contribution in [-0.4, -0.2) is 43.8 Å². The van der Waals surface area contributed by atoms with E-state index in [9.17, 15) is 14.4 Å². The number of carbonyl (C=O) groups excluding carboxylic acids is 3. The summed E-state index contributed by atoms with van der Waals surface area (Å²) in [5.41, 5.74) is 0.732. The van der Waals surface area contributed by atoms with Crippen LogP contribution in [0.5, 0.6) is 11.5 Å². The third-order valence-electron chi connectivity index (χ3n) is 3.28. The van der Waals surface area contributed by atoms with Crippen molar-refractivity contribution < 1.29 is 28.6 Å². The Kier molecular flexibility index (Phi) is 6.39. The van der Waals surface area contributed by atoms with Gasteiger partial charge in [-0.3, -0.25) is 9.59 Å². The van der Waals surface area contributed by atoms with Crippen LogP contribution in [-0.2, 0) is 19.1 Å². The Morgan fingerprint density at radius 2 is 2.04 bits per heavy atom. The fourth-order valence-electron chi connectivity index (χ4n) is 2.04. The van der Waals surface area contributed by atoms with Crippen molar-refractivity contribution in [1.29, 1.82) is 0 Å². The molecule has 0 spiro atoms. The Morgan fingerprint density at radius 3 is 2.80 bits per heavy atom. The Balaban J connectivity index is 1.76. The lowest BCUT2D eigenvalue weighted by atomic mass is 10.2. The van der Waals surface area contributed by atoms with Gasteiger partial charge in [-0.25, -0.2) is 4.79 Å². The van der Waals surface area contributed by atoms with Crippen molar-refractivity contribution >= 4 is 23.9 Å². The number of hydrogen-bond donors (Lipinski definition) is 2. The first-order chi connectivity index (χ1) is 12.0. The van der Waals surface area contributed by atoms with Crippen molar-refractivity contribution in [2.75, 3.05) is 19.9 Å². The molecule has 0 aliphatic carbocycles. The zero-order chi connectivity index (χ0) is 18.2. The molecule has 0 aromatic heterocycles. The van der Waals surface area contributed by atoms with Crippen LogP contribution < -0.4 is 20.1 Å². The average molecular weight is 348 g/mol. The zero-order valence-corrected chi connectivity index (χ0v) is 14.0. The van der Waals surface area contributed by atoms with Gasteiger partial charge in [0.25, 0.3) is 5.91 Å². The smallest absolute Gasteiger partial charge is 0.331 e. The van der Waals surface area contributed by atoms with Gasteiger partial charge in [-0.1, -0.05) is 6.07 Å². The molecule has 2 N–H and O–H groups in total. The van der Waals surface area contributed by atoms with Gasteiger partial charge in [0.1, 0.15) is 6.04 Å². The van der Waals surface area contributed by atoms with E-state index >= 15 is 0 Å². The molecule has 0 radical (unpaired) electrons. The van der Waals surface area contributed by atoms with Crippen LogP contribution in [0.2, 0.25) is 0 Å². The van der Waals surface area contributed by atoms with Crippen LogP contribution in [0.15, 0.2) is 24.3 Å². The third kappa shape index (κ3) is 5.52. The van der Waals surface area contributed by atoms with E-state index < -0.39 is 24.5 Å². The lowest BCUT2D eigenvalue weighted by molar-refractivity contribution is -0.144. The molecule has 1 aromatic rings. The summed E-state index contributed by atoms with van der Waals surface area (Å²) in [5, 5.41) is 5.02. The molecule has 8 heteroatoms. The number of carbonyl (C=O) groups is 3. The van der Waals surface area contributed by atoms with Crippen LogP contribution in [0.25, 0.3) is 6.08 Å². The van der Waals surface area contributed by atoms with Crippen LogP contribution >= 0.6 is 0 Å². The maximum atomic E-state index is 11.7. The molecule has 0 unspecified atom stereocenters. The fraction of sp³-hybridized carbons (Fsp3) is 0.353. The minimum atomic E-state index is -0.699. The Hall–Kier alpha value is -3.03. The highest BCUT2D eigenvalue weighted by Gasteiger charge is 2.15. The standard InChI is InChI=1S/C17H20N2O6/c1-3-18-17(22)11(2)19-15(20)9-23-16(21)7-5-12-4-6-13-14(8-12)25-10-24-13/h4-8,11H,3,9-10H2,1-2H3,(H,18,22)(H,19,20)/b7-5+/t11-/m0/s1. The molecule has 8 nitrogen and oxygen atoms in total. The van der Waals surface area contributed by atoms with Gasteiger partial charge in [-0.2, -0.15) is 0 Å². The van der Waals surface area contributed by atoms with Gasteiger partial charge in [-0.15, -0.1) is 0 Å². The fourth-order valence-corrected chi connectivity index (χ4v) is 2.04. The molecule has 0 saturated carbocycles. The Morgan fingerprint density at radius 1 is 1.28 bits per heavy atom. The Bertz CT molecular complexity index is 686. The van der Waals surface area contributed by atoms with Crippen LogP contribution in [0.3, 0.4) is 0 Å². The lowest BCUT2D eigenvalue weighted by Crippen LogP contribution is -2.46. The van der Waals surface area contributed by atoms with Crippen molar-refractivity contribution in [3.8, 4) is 11.5 Å². The highest BCUT2D eigenvalue weighted by Crippen LogP contribution is 2.32. The molecule has 0 saturated heterocycles. The summed E-state index contributed by atoms with van der Waals surface area (Å²) < 4.78 is 15.3. The number of ether oxygens (including phenoxy) is 3. The van der Waals surface area contributed by atoms with Gasteiger partial charge in [0.2, 0.25) is 12.7 Å². The van der Waals surface area contributed by atoms with E-state index in [1.165, 1.54) is 6.08 Å². The normalized spacial score (nSPS) is 13.4. The number of rotatable bonds is 7. The molecule has 2 amide bonds. The van der Waals surface area contributed by atoms with E-state index in [0.717, 1.165) is 5.56 Å². The Labute approximate surface area is 145 Å². The molecule has 1 atom stereocenters. The van der Waals surface area contributed by atoms with E-state index in [1.54, 1.807) is 38.1 Å². The number of fused-ring (bicyclic) bond motifs is 1. The highest BCUT2D eigenvalue weighted by atomic mass is 16.7. The molecule has 1 aromatic carbocycles. The number of hydrogen-bond acceptors (Lipinski definition) is 6. The summed E-state index contributed by atoms with van der Waals surface area (Å²) in [5.74, 6) is -0.265. The predicted molar refractivity (Wildman–Crippen MR) is 88.8 cm³/mol. The molecule has 1 aliphatic heterocycles. The second kappa shape index (κ2) is 8.72. The van der Waals surface area contributed by atoms with E-state index in [0.29, 0.717) is 18.0 Å². The minimum absolute atomic E-state index is 0.175. The van der Waals surface area contributed by atoms with Crippen LogP contribution in [0.1, 0.15) is 19.4 Å². The molecular formula is C17H20N2O6. The monoisotopic (exact) mass is 348 g/mol. The predicted octanol–water partition coefficient (Wildman–Crippen LogP) is 0.612. The van der Waals surface area contributed by atoms with E-state index in [-0.39, 0.29) is 12.7 Å². The summed E-state index contributed by atoms with van der Waals surface area (Å²) >= 11 is 0. The van der Waals surface area contributed by atoms with Gasteiger partial charge in [0, 0.05) is 12.6 Å². The summed E-state index contributed by atoms with van der Waals surface area (Å²) in [6.07, 6.45) is 2.75. The maximum absolute atomic E-state index is 11.7. The topological polar surface area (TPSA) is 103 Å². The quantitative estimate of drug-likeness (QED) is 0.553. The number of amides is 2. The molecule has 0 fully saturated rings. The van der Waals surface area contributed by atoms with Gasteiger partial charge < -0.3 is 24.8 Å². The molecule has 134 valence electrons. The summed E-state index contributed by atoms with van der Waals surface area (Å²) in [4.78, 5) is 34.8. The number of nitrogens with one attached hydrogen (secondary N) is 2. The maximum Gasteiger partial charge on any atom is 0.331 e. The molecule has 0 bridgehead atoms. The van der Waals surface area contributed by atoms with Crippen LogP contribution in [0, 0.1) is 0 Å². The molecule has 1 heterocycles. The van der Waals surface area contributed by atoms with Crippen LogP contribution in [0.4, 0.5) is 0 Å². The van der Waals surface area contributed by atoms with Crippen molar-refractivity contribution in [2.24, 2.45) is 0 Å². The van der Waals surface area contributed by atoms with Gasteiger partial charge >= 0.3 is 5.97 Å². The second-order valence-corrected chi connectivity index (χ2v) is 5.24. The number of esters is 1. The summed E-state index contributed by atoms with van der Waals surface area (Å²) in [6.45, 7) is 3.51. The van der Waals surface area contributed by atoms with Crippen molar-refractivity contribution in [2.45, 2.75) is 19.9 Å². The summed E-state index contributed by atoms with van der Waals surface area (Å²) in [7, 11) is 0. The molecule has 1 aliphatic rings. The van der Waals surface area contributed by atoms with Crippen molar-refractivity contribution in [3.05, 3.63) is 29.8 Å². The zero-order valence-electron chi connectivity index (χ0n) is 14.0. The first kappa shape index (κ1) is 18.3. The van der Waals surface area contributed by atoms with Crippen molar-refractivity contribution in [1.82, 2.24) is 10.6 Å². The SMILES string of the molecule is CCNC(=O)[C@H](C)NC(=O)COC(=O)/C=C/c1ccc2c(c1)OCO2. The molecular weight excluding hydrogens is 328 g/mol. The van der Waals surface area contributed by atoms with E-state index in [4.69, 9.17) is 14.2 Å². The van der Waals surface area contributed by atoms with Gasteiger partial charge in [0.05, 0.1) is 0 Å². The largest absolute Gasteiger partial charge is 0.454 e. The minimum Gasteiger partial charge on any atom is -0.454 e. The second-order valence-electron chi connectivity index (χ2n) is 5.24.